The highest BCUT2D eigenvalue weighted by atomic mass is 16.4. The standard InChI is InChI=1S/C12H18N2O2/c1-12(2,3)14(11(15)16)10-7-5-4-6-9(10)8-13/h4-7H,8,13H2,1-3H3,(H,15,16). The Morgan fingerprint density at radius 1 is 1.38 bits per heavy atom. The van der Waals surface area contributed by atoms with E-state index in [4.69, 9.17) is 5.73 Å². The van der Waals surface area contributed by atoms with E-state index in [2.05, 4.69) is 0 Å². The number of hydrogen-bond donors (Lipinski definition) is 2. The van der Waals surface area contributed by atoms with Gasteiger partial charge >= 0.3 is 6.09 Å². The van der Waals surface area contributed by atoms with Crippen molar-refractivity contribution >= 4 is 11.8 Å². The van der Waals surface area contributed by atoms with Gasteiger partial charge in [0.1, 0.15) is 0 Å². The minimum Gasteiger partial charge on any atom is -0.465 e. The number of carboxylic acid groups (broad SMARTS) is 1. The molecule has 0 unspecified atom stereocenters. The van der Waals surface area contributed by atoms with Crippen LogP contribution >= 0.6 is 0 Å². The summed E-state index contributed by atoms with van der Waals surface area (Å²) in [7, 11) is 0. The highest BCUT2D eigenvalue weighted by molar-refractivity contribution is 5.88. The number of benzene rings is 1. The van der Waals surface area contributed by atoms with Gasteiger partial charge < -0.3 is 10.8 Å². The van der Waals surface area contributed by atoms with E-state index in [1.54, 1.807) is 6.07 Å². The Labute approximate surface area is 95.7 Å². The fraction of sp³-hybridized carbons (Fsp3) is 0.417. The van der Waals surface area contributed by atoms with Gasteiger partial charge in [-0.05, 0) is 32.4 Å². The van der Waals surface area contributed by atoms with Gasteiger partial charge in [0.05, 0.1) is 5.69 Å². The molecule has 1 aromatic carbocycles. The zero-order chi connectivity index (χ0) is 12.3. The second kappa shape index (κ2) is 4.53. The van der Waals surface area contributed by atoms with E-state index >= 15 is 0 Å². The molecule has 0 aliphatic heterocycles. The van der Waals surface area contributed by atoms with Gasteiger partial charge in [-0.1, -0.05) is 18.2 Å². The maximum absolute atomic E-state index is 11.3. The van der Waals surface area contributed by atoms with Crippen molar-refractivity contribution < 1.29 is 9.90 Å². The summed E-state index contributed by atoms with van der Waals surface area (Å²) >= 11 is 0. The van der Waals surface area contributed by atoms with E-state index in [-0.39, 0.29) is 0 Å². The molecule has 0 saturated heterocycles. The van der Waals surface area contributed by atoms with E-state index in [0.29, 0.717) is 12.2 Å². The van der Waals surface area contributed by atoms with Crippen LogP contribution in [0.4, 0.5) is 10.5 Å². The highest BCUT2D eigenvalue weighted by Crippen LogP contribution is 2.27. The van der Waals surface area contributed by atoms with Crippen LogP contribution in [0.3, 0.4) is 0 Å². The third-order valence-corrected chi connectivity index (χ3v) is 2.31. The van der Waals surface area contributed by atoms with Crippen LogP contribution in [0.25, 0.3) is 0 Å². The van der Waals surface area contributed by atoms with Crippen molar-refractivity contribution in [2.75, 3.05) is 4.90 Å². The molecule has 0 heterocycles. The van der Waals surface area contributed by atoms with Crippen molar-refractivity contribution in [2.24, 2.45) is 5.73 Å². The lowest BCUT2D eigenvalue weighted by Gasteiger charge is -2.34. The predicted octanol–water partition coefficient (Wildman–Crippen LogP) is 2.43. The number of nitrogens with zero attached hydrogens (tertiary/aromatic N) is 1. The Balaban J connectivity index is 3.27. The van der Waals surface area contributed by atoms with Crippen LogP contribution in [-0.4, -0.2) is 16.7 Å². The molecule has 88 valence electrons. The maximum Gasteiger partial charge on any atom is 0.412 e. The summed E-state index contributed by atoms with van der Waals surface area (Å²) in [5.74, 6) is 0. The Kier molecular flexibility index (Phi) is 3.55. The summed E-state index contributed by atoms with van der Waals surface area (Å²) in [5, 5.41) is 9.27. The van der Waals surface area contributed by atoms with Crippen LogP contribution in [-0.2, 0) is 6.54 Å². The van der Waals surface area contributed by atoms with Gasteiger partial charge in [0, 0.05) is 12.1 Å². The minimum absolute atomic E-state index is 0.329. The average Bonchev–Trinajstić information content (AvgIpc) is 2.15. The molecule has 4 heteroatoms. The van der Waals surface area contributed by atoms with Crippen molar-refractivity contribution in [3.8, 4) is 0 Å². The molecule has 1 rings (SSSR count). The fourth-order valence-electron chi connectivity index (χ4n) is 1.65. The van der Waals surface area contributed by atoms with E-state index in [0.717, 1.165) is 5.56 Å². The number of nitrogens with two attached hydrogens (primary N) is 1. The second-order valence-electron chi connectivity index (χ2n) is 4.62. The molecule has 0 radical (unpaired) electrons. The molecule has 4 nitrogen and oxygen atoms in total. The van der Waals surface area contributed by atoms with Crippen molar-refractivity contribution in [1.29, 1.82) is 0 Å². The largest absolute Gasteiger partial charge is 0.465 e. The first-order chi connectivity index (χ1) is 7.38. The van der Waals surface area contributed by atoms with Gasteiger partial charge in [0.25, 0.3) is 0 Å². The third kappa shape index (κ3) is 2.52. The van der Waals surface area contributed by atoms with Gasteiger partial charge in [-0.3, -0.25) is 4.90 Å². The first-order valence-corrected chi connectivity index (χ1v) is 5.19. The molecule has 0 fully saturated rings. The number of carbonyl (C=O) groups is 1. The molecular formula is C12H18N2O2. The topological polar surface area (TPSA) is 66.6 Å². The molecular weight excluding hydrogens is 204 g/mol. The normalized spacial score (nSPS) is 11.2. The van der Waals surface area contributed by atoms with Crippen LogP contribution in [0.2, 0.25) is 0 Å². The lowest BCUT2D eigenvalue weighted by Crippen LogP contribution is -2.45. The molecule has 0 aliphatic rings. The van der Waals surface area contributed by atoms with Crippen LogP contribution in [0.5, 0.6) is 0 Å². The number of rotatable bonds is 2. The Bertz CT molecular complexity index is 383. The predicted molar refractivity (Wildman–Crippen MR) is 64.6 cm³/mol. The highest BCUT2D eigenvalue weighted by Gasteiger charge is 2.28. The molecule has 3 N–H and O–H groups in total. The quantitative estimate of drug-likeness (QED) is 0.807. The Morgan fingerprint density at radius 3 is 2.38 bits per heavy atom. The van der Waals surface area contributed by atoms with Gasteiger partial charge in [0.2, 0.25) is 0 Å². The minimum atomic E-state index is -0.964. The van der Waals surface area contributed by atoms with E-state index < -0.39 is 11.6 Å². The SMILES string of the molecule is CC(C)(C)N(C(=O)O)c1ccccc1CN. The van der Waals surface area contributed by atoms with Crippen LogP contribution in [0.15, 0.2) is 24.3 Å². The smallest absolute Gasteiger partial charge is 0.412 e. The molecule has 0 aromatic heterocycles. The zero-order valence-electron chi connectivity index (χ0n) is 9.90. The summed E-state index contributed by atoms with van der Waals surface area (Å²) in [6.45, 7) is 5.90. The molecule has 0 saturated carbocycles. The van der Waals surface area contributed by atoms with Crippen LogP contribution in [0, 0.1) is 0 Å². The molecule has 0 aliphatic carbocycles. The molecule has 0 spiro atoms. The molecule has 1 aromatic rings. The summed E-state index contributed by atoms with van der Waals surface area (Å²) in [6.07, 6.45) is -0.964. The molecule has 0 bridgehead atoms. The molecule has 16 heavy (non-hydrogen) atoms. The van der Waals surface area contributed by atoms with E-state index in [1.165, 1.54) is 4.90 Å². The van der Waals surface area contributed by atoms with Gasteiger partial charge in [0.15, 0.2) is 0 Å². The van der Waals surface area contributed by atoms with Crippen molar-refractivity contribution in [3.05, 3.63) is 29.8 Å². The monoisotopic (exact) mass is 222 g/mol. The first kappa shape index (κ1) is 12.5. The zero-order valence-corrected chi connectivity index (χ0v) is 9.90. The first-order valence-electron chi connectivity index (χ1n) is 5.19. The maximum atomic E-state index is 11.3. The number of hydrogen-bond acceptors (Lipinski definition) is 2. The van der Waals surface area contributed by atoms with Crippen molar-refractivity contribution in [1.82, 2.24) is 0 Å². The summed E-state index contributed by atoms with van der Waals surface area (Å²) in [5.41, 5.74) is 6.61. The van der Waals surface area contributed by atoms with Gasteiger partial charge in [-0.25, -0.2) is 4.79 Å². The summed E-state index contributed by atoms with van der Waals surface area (Å²) in [4.78, 5) is 12.6. The van der Waals surface area contributed by atoms with Crippen molar-refractivity contribution in [2.45, 2.75) is 32.9 Å². The Morgan fingerprint density at radius 2 is 1.94 bits per heavy atom. The summed E-state index contributed by atoms with van der Waals surface area (Å²) in [6, 6.07) is 7.29. The average molecular weight is 222 g/mol. The number of para-hydroxylation sites is 1. The van der Waals surface area contributed by atoms with Gasteiger partial charge in [-0.15, -0.1) is 0 Å². The number of anilines is 1. The van der Waals surface area contributed by atoms with Gasteiger partial charge in [-0.2, -0.15) is 0 Å². The van der Waals surface area contributed by atoms with E-state index in [1.807, 2.05) is 39.0 Å². The molecule has 1 amide bonds. The number of amides is 1. The third-order valence-electron chi connectivity index (χ3n) is 2.31. The van der Waals surface area contributed by atoms with Crippen molar-refractivity contribution in [3.63, 3.8) is 0 Å². The lowest BCUT2D eigenvalue weighted by molar-refractivity contribution is 0.195. The lowest BCUT2D eigenvalue weighted by atomic mass is 10.0. The Hall–Kier alpha value is -1.55. The second-order valence-corrected chi connectivity index (χ2v) is 4.62. The van der Waals surface area contributed by atoms with E-state index in [9.17, 15) is 9.90 Å². The molecule has 0 atom stereocenters. The summed E-state index contributed by atoms with van der Waals surface area (Å²) < 4.78 is 0. The van der Waals surface area contributed by atoms with Crippen LogP contribution < -0.4 is 10.6 Å². The fourth-order valence-corrected chi connectivity index (χ4v) is 1.65. The van der Waals surface area contributed by atoms with Crippen LogP contribution in [0.1, 0.15) is 26.3 Å².